The van der Waals surface area contributed by atoms with Gasteiger partial charge in [-0.15, -0.1) is 0 Å². The van der Waals surface area contributed by atoms with E-state index in [4.69, 9.17) is 9.47 Å². The largest absolute Gasteiger partial charge is 0.426 e. The fourth-order valence-electron chi connectivity index (χ4n) is 8.28. The number of alkyl halides is 6. The first-order valence-electron chi connectivity index (χ1n) is 16.7. The molecule has 48 heavy (non-hydrogen) atoms. The van der Waals surface area contributed by atoms with E-state index in [-0.39, 0.29) is 67.6 Å². The van der Waals surface area contributed by atoms with Crippen molar-refractivity contribution in [2.24, 2.45) is 17.3 Å². The summed E-state index contributed by atoms with van der Waals surface area (Å²) in [5.41, 5.74) is -2.56. The molecule has 1 aliphatic heterocycles. The Morgan fingerprint density at radius 2 is 1.77 bits per heavy atom. The van der Waals surface area contributed by atoms with Crippen molar-refractivity contribution in [3.63, 3.8) is 0 Å². The highest BCUT2D eigenvalue weighted by molar-refractivity contribution is 8.76. The lowest BCUT2D eigenvalue weighted by Crippen LogP contribution is -2.56. The van der Waals surface area contributed by atoms with E-state index in [0.717, 1.165) is 61.2 Å². The summed E-state index contributed by atoms with van der Waals surface area (Å²) in [5, 5.41) is 9.35. The number of aliphatic hydroxyl groups is 1. The highest BCUT2D eigenvalue weighted by atomic mass is 33.1. The Balaban J connectivity index is 1.19. The molecule has 3 aliphatic carbocycles. The van der Waals surface area contributed by atoms with E-state index in [2.05, 4.69) is 11.7 Å². The molecule has 3 fully saturated rings. The molecule has 6 nitrogen and oxygen atoms in total. The minimum absolute atomic E-state index is 0.00173. The molecule has 1 saturated heterocycles. The van der Waals surface area contributed by atoms with Crippen LogP contribution in [-0.4, -0.2) is 84.1 Å². The molecule has 1 amide bonds. The zero-order valence-corrected chi connectivity index (χ0v) is 28.8. The van der Waals surface area contributed by atoms with Gasteiger partial charge in [0.15, 0.2) is 11.6 Å². The maximum atomic E-state index is 15.6. The van der Waals surface area contributed by atoms with Gasteiger partial charge in [0.2, 0.25) is 0 Å². The minimum Gasteiger partial charge on any atom is -0.407 e. The van der Waals surface area contributed by atoms with Gasteiger partial charge in [0.1, 0.15) is 0 Å². The standard InChI is InChI=1S/C33H44F7NO5S2/c1-30-11-9-22-23(25(30)7-8-28(30)44-14-4-15-45-31(2,32(35,36)37)33(38,39)40)6-5-20-17-27(26(34)18-24(20)22)46-29(43)41(12-3-13-42)21-10-16-47-48-19-21/h17-18,21-23,25,28,42H,3-16,19H2,1-2H3/t21?,22-,23+,25-,28-,30-/m0/s1. The number of carbonyl (C=O) groups is 1. The predicted octanol–water partition coefficient (Wildman–Crippen LogP) is 8.69. The van der Waals surface area contributed by atoms with E-state index in [1.54, 1.807) is 32.6 Å². The Labute approximate surface area is 284 Å². The number of amides is 1. The lowest BCUT2D eigenvalue weighted by atomic mass is 9.55. The molecule has 0 aromatic heterocycles. The molecule has 1 unspecified atom stereocenters. The zero-order valence-electron chi connectivity index (χ0n) is 27.1. The Morgan fingerprint density at radius 1 is 1.02 bits per heavy atom. The number of aliphatic hydroxyl groups excluding tert-OH is 1. The maximum absolute atomic E-state index is 15.6. The molecule has 5 rings (SSSR count). The van der Waals surface area contributed by atoms with Gasteiger partial charge in [-0.2, -0.15) is 26.3 Å². The Bertz CT molecular complexity index is 1260. The average Bonchev–Trinajstić information content (AvgIpc) is 3.36. The van der Waals surface area contributed by atoms with Gasteiger partial charge >= 0.3 is 18.4 Å². The van der Waals surface area contributed by atoms with E-state index >= 15 is 4.39 Å². The van der Waals surface area contributed by atoms with Crippen LogP contribution in [-0.2, 0) is 15.9 Å². The first-order valence-corrected chi connectivity index (χ1v) is 19.1. The second kappa shape index (κ2) is 15.1. The summed E-state index contributed by atoms with van der Waals surface area (Å²) in [6.07, 6.45) is -6.16. The van der Waals surface area contributed by atoms with Crippen molar-refractivity contribution >= 4 is 27.7 Å². The number of nitrogens with zero attached hydrogens (tertiary/aromatic N) is 1. The Hall–Kier alpha value is -1.42. The van der Waals surface area contributed by atoms with E-state index in [1.807, 2.05) is 0 Å². The molecular weight excluding hydrogens is 687 g/mol. The first-order chi connectivity index (χ1) is 22.6. The van der Waals surface area contributed by atoms with Crippen LogP contribution in [0.25, 0.3) is 0 Å². The van der Waals surface area contributed by atoms with Crippen molar-refractivity contribution < 1.29 is 54.8 Å². The quantitative estimate of drug-likeness (QED) is 0.139. The summed E-state index contributed by atoms with van der Waals surface area (Å²) in [7, 11) is 3.43. The summed E-state index contributed by atoms with van der Waals surface area (Å²) in [4.78, 5) is 14.8. The number of halogens is 7. The van der Waals surface area contributed by atoms with E-state index in [1.165, 1.54) is 6.07 Å². The van der Waals surface area contributed by atoms with E-state index in [9.17, 15) is 36.2 Å². The summed E-state index contributed by atoms with van der Waals surface area (Å²) < 4.78 is 110. The summed E-state index contributed by atoms with van der Waals surface area (Å²) in [6, 6.07) is 3.13. The van der Waals surface area contributed by atoms with Crippen molar-refractivity contribution in [2.45, 2.75) is 108 Å². The highest BCUT2D eigenvalue weighted by Gasteiger charge is 2.69. The monoisotopic (exact) mass is 731 g/mol. The molecule has 4 aliphatic rings. The highest BCUT2D eigenvalue weighted by Crippen LogP contribution is 2.61. The van der Waals surface area contributed by atoms with Crippen LogP contribution >= 0.6 is 21.6 Å². The Morgan fingerprint density at radius 3 is 2.44 bits per heavy atom. The SMILES string of the molecule is CC(OCCCO[C@H]1CC[C@H]2[C@@H]3CCc4cc(OC(=O)N(CCCO)C5CCSSC5)c(F)cc4[C@H]3CC[C@]12C)(C(F)(F)F)C(F)(F)F. The van der Waals surface area contributed by atoms with Gasteiger partial charge in [-0.05, 0) is 111 Å². The second-order valence-electron chi connectivity index (χ2n) is 13.8. The summed E-state index contributed by atoms with van der Waals surface area (Å²) in [5.74, 6) is 1.63. The van der Waals surface area contributed by atoms with Gasteiger partial charge in [0.25, 0.3) is 5.60 Å². The van der Waals surface area contributed by atoms with Crippen LogP contribution in [0, 0.1) is 23.1 Å². The molecular formula is C33H44F7NO5S2. The lowest BCUT2D eigenvalue weighted by molar-refractivity contribution is -0.374. The number of ether oxygens (including phenoxy) is 3. The van der Waals surface area contributed by atoms with Crippen molar-refractivity contribution in [1.29, 1.82) is 0 Å². The maximum Gasteiger partial charge on any atom is 0.426 e. The molecule has 0 spiro atoms. The van der Waals surface area contributed by atoms with Gasteiger partial charge in [-0.1, -0.05) is 28.5 Å². The van der Waals surface area contributed by atoms with Crippen LogP contribution in [0.5, 0.6) is 5.75 Å². The minimum atomic E-state index is -5.60. The van der Waals surface area contributed by atoms with Gasteiger partial charge in [0, 0.05) is 37.3 Å². The van der Waals surface area contributed by atoms with Crippen molar-refractivity contribution in [3.05, 3.63) is 29.1 Å². The molecule has 1 aromatic rings. The molecule has 1 aromatic carbocycles. The molecule has 2 saturated carbocycles. The van der Waals surface area contributed by atoms with Crippen LogP contribution in [0.4, 0.5) is 35.5 Å². The second-order valence-corrected chi connectivity index (χ2v) is 16.4. The van der Waals surface area contributed by atoms with E-state index in [0.29, 0.717) is 19.4 Å². The Kier molecular flexibility index (Phi) is 11.9. The number of rotatable bonds is 11. The molecule has 1 N–H and O–H groups in total. The number of carbonyl (C=O) groups excluding carboxylic acids is 1. The fourth-order valence-corrected chi connectivity index (χ4v) is 10.8. The first kappa shape index (κ1) is 37.8. The molecule has 0 bridgehead atoms. The lowest BCUT2D eigenvalue weighted by Gasteiger charge is -2.50. The smallest absolute Gasteiger partial charge is 0.407 e. The fraction of sp³-hybridized carbons (Fsp3) is 0.788. The third-order valence-corrected chi connectivity index (χ3v) is 13.6. The van der Waals surface area contributed by atoms with Crippen LogP contribution < -0.4 is 4.74 Å². The topological polar surface area (TPSA) is 68.2 Å². The number of hydrogen-bond acceptors (Lipinski definition) is 7. The van der Waals surface area contributed by atoms with Gasteiger partial charge in [-0.25, -0.2) is 9.18 Å². The van der Waals surface area contributed by atoms with Crippen molar-refractivity contribution in [3.8, 4) is 5.75 Å². The average molecular weight is 732 g/mol. The zero-order chi connectivity index (χ0) is 34.9. The number of aryl methyl sites for hydroxylation is 1. The summed E-state index contributed by atoms with van der Waals surface area (Å²) >= 11 is 0. The normalized spacial score (nSPS) is 29.2. The van der Waals surface area contributed by atoms with Crippen molar-refractivity contribution in [1.82, 2.24) is 4.90 Å². The van der Waals surface area contributed by atoms with Crippen LogP contribution in [0.3, 0.4) is 0 Å². The van der Waals surface area contributed by atoms with Crippen LogP contribution in [0.15, 0.2) is 12.1 Å². The van der Waals surface area contributed by atoms with Gasteiger partial charge in [0.05, 0.1) is 12.7 Å². The molecule has 272 valence electrons. The number of hydrogen-bond donors (Lipinski definition) is 1. The van der Waals surface area contributed by atoms with Crippen LogP contribution in [0.2, 0.25) is 0 Å². The predicted molar refractivity (Wildman–Crippen MR) is 170 cm³/mol. The van der Waals surface area contributed by atoms with Crippen molar-refractivity contribution in [2.75, 3.05) is 37.9 Å². The van der Waals surface area contributed by atoms with E-state index < -0.39 is 36.5 Å². The molecule has 1 heterocycles. The number of benzene rings is 1. The third kappa shape index (κ3) is 7.60. The third-order valence-electron chi connectivity index (χ3n) is 11.1. The molecule has 15 heteroatoms. The van der Waals surface area contributed by atoms with Crippen LogP contribution in [0.1, 0.15) is 82.3 Å². The summed E-state index contributed by atoms with van der Waals surface area (Å²) in [6.45, 7) is 1.66. The van der Waals surface area contributed by atoms with Gasteiger partial charge < -0.3 is 24.2 Å². The number of fused-ring (bicyclic) bond motifs is 5. The molecule has 6 atom stereocenters. The molecule has 0 radical (unpaired) electrons. The van der Waals surface area contributed by atoms with Gasteiger partial charge in [-0.3, -0.25) is 0 Å².